The van der Waals surface area contributed by atoms with Gasteiger partial charge in [-0.3, -0.25) is 14.9 Å². The van der Waals surface area contributed by atoms with Gasteiger partial charge in [0.25, 0.3) is 5.91 Å². The molecule has 5 nitrogen and oxygen atoms in total. The molecule has 0 bridgehead atoms. The van der Waals surface area contributed by atoms with Gasteiger partial charge >= 0.3 is 5.97 Å². The molecule has 1 N–H and O–H groups in total. The van der Waals surface area contributed by atoms with Crippen LogP contribution in [0.15, 0.2) is 24.3 Å². The lowest BCUT2D eigenvalue weighted by Crippen LogP contribution is -2.42. The summed E-state index contributed by atoms with van der Waals surface area (Å²) >= 11 is 5.09. The van der Waals surface area contributed by atoms with Crippen LogP contribution in [0.1, 0.15) is 36.7 Å². The van der Waals surface area contributed by atoms with Crippen molar-refractivity contribution in [3.8, 4) is 0 Å². The molecule has 0 saturated carbocycles. The lowest BCUT2D eigenvalue weighted by Gasteiger charge is -2.20. The molecular weight excluding hydrogens is 300 g/mol. The van der Waals surface area contributed by atoms with Crippen molar-refractivity contribution in [2.45, 2.75) is 26.2 Å². The topological polar surface area (TPSA) is 58.6 Å². The van der Waals surface area contributed by atoms with E-state index in [-0.39, 0.29) is 23.0 Å². The van der Waals surface area contributed by atoms with E-state index < -0.39 is 5.97 Å². The van der Waals surface area contributed by atoms with Crippen molar-refractivity contribution >= 4 is 29.2 Å². The minimum Gasteiger partial charge on any atom is -0.468 e. The lowest BCUT2D eigenvalue weighted by atomic mass is 9.87. The molecule has 0 saturated heterocycles. The number of esters is 1. The third-order valence-corrected chi connectivity index (χ3v) is 3.59. The number of carbonyl (C=O) groups excluding carboxylic acids is 2. The average molecular weight is 322 g/mol. The molecule has 1 aromatic rings. The van der Waals surface area contributed by atoms with Crippen molar-refractivity contribution < 1.29 is 14.3 Å². The SMILES string of the molecule is COC(=O)CN(C)C(=S)NC(=O)c1ccc(C(C)(C)C)cc1. The Kier molecular flexibility index (Phi) is 6.05. The maximum atomic E-state index is 12.1. The summed E-state index contributed by atoms with van der Waals surface area (Å²) in [6.07, 6.45) is 0. The van der Waals surface area contributed by atoms with Crippen molar-refractivity contribution in [3.63, 3.8) is 0 Å². The fourth-order valence-electron chi connectivity index (χ4n) is 1.72. The second-order valence-corrected chi connectivity index (χ2v) is 6.41. The Morgan fingerprint density at radius 1 is 1.23 bits per heavy atom. The van der Waals surface area contributed by atoms with Gasteiger partial charge in [0.15, 0.2) is 5.11 Å². The lowest BCUT2D eigenvalue weighted by molar-refractivity contribution is -0.140. The van der Waals surface area contributed by atoms with E-state index in [1.165, 1.54) is 12.0 Å². The molecule has 0 radical (unpaired) electrons. The van der Waals surface area contributed by atoms with Crippen LogP contribution in [0.2, 0.25) is 0 Å². The molecule has 0 aliphatic rings. The predicted molar refractivity (Wildman–Crippen MR) is 89.9 cm³/mol. The first-order valence-corrected chi connectivity index (χ1v) is 7.29. The van der Waals surface area contributed by atoms with Crippen LogP contribution in [-0.2, 0) is 14.9 Å². The molecule has 0 aromatic heterocycles. The molecular formula is C16H22N2O3S. The van der Waals surface area contributed by atoms with E-state index in [1.54, 1.807) is 19.2 Å². The first-order valence-electron chi connectivity index (χ1n) is 6.89. The first-order chi connectivity index (χ1) is 10.1. The highest BCUT2D eigenvalue weighted by Gasteiger charge is 2.16. The molecule has 1 amide bonds. The molecule has 0 unspecified atom stereocenters. The second-order valence-electron chi connectivity index (χ2n) is 6.02. The van der Waals surface area contributed by atoms with Gasteiger partial charge in [0.2, 0.25) is 0 Å². The van der Waals surface area contributed by atoms with E-state index >= 15 is 0 Å². The minimum absolute atomic E-state index is 0.0153. The summed E-state index contributed by atoms with van der Waals surface area (Å²) in [4.78, 5) is 24.8. The van der Waals surface area contributed by atoms with E-state index in [0.717, 1.165) is 5.56 Å². The van der Waals surface area contributed by atoms with Crippen molar-refractivity contribution in [2.24, 2.45) is 0 Å². The molecule has 0 heterocycles. The number of likely N-dealkylation sites (N-methyl/N-ethyl adjacent to an activating group) is 1. The molecule has 6 heteroatoms. The number of benzene rings is 1. The number of methoxy groups -OCH3 is 1. The number of nitrogens with zero attached hydrogens (tertiary/aromatic N) is 1. The van der Waals surface area contributed by atoms with E-state index in [0.29, 0.717) is 5.56 Å². The Balaban J connectivity index is 2.69. The number of rotatable bonds is 3. The second kappa shape index (κ2) is 7.35. The molecule has 0 aliphatic heterocycles. The number of hydrogen-bond acceptors (Lipinski definition) is 4. The minimum atomic E-state index is -0.423. The molecule has 120 valence electrons. The van der Waals surface area contributed by atoms with E-state index in [1.807, 2.05) is 12.1 Å². The van der Waals surface area contributed by atoms with Crippen LogP contribution in [-0.4, -0.2) is 42.6 Å². The van der Waals surface area contributed by atoms with E-state index in [2.05, 4.69) is 30.8 Å². The van der Waals surface area contributed by atoms with Crippen LogP contribution >= 0.6 is 12.2 Å². The monoisotopic (exact) mass is 322 g/mol. The highest BCUT2D eigenvalue weighted by Crippen LogP contribution is 2.22. The maximum absolute atomic E-state index is 12.1. The van der Waals surface area contributed by atoms with Gasteiger partial charge in [-0.05, 0) is 35.3 Å². The third-order valence-electron chi connectivity index (χ3n) is 3.17. The fraction of sp³-hybridized carbons (Fsp3) is 0.438. The fourth-order valence-corrected chi connectivity index (χ4v) is 1.87. The van der Waals surface area contributed by atoms with Crippen LogP contribution in [0.25, 0.3) is 0 Å². The normalized spacial score (nSPS) is 10.8. The largest absolute Gasteiger partial charge is 0.468 e. The smallest absolute Gasteiger partial charge is 0.325 e. The molecule has 22 heavy (non-hydrogen) atoms. The van der Waals surface area contributed by atoms with Crippen LogP contribution in [0, 0.1) is 0 Å². The Hall–Kier alpha value is -1.95. The number of nitrogens with one attached hydrogen (secondary N) is 1. The highest BCUT2D eigenvalue weighted by molar-refractivity contribution is 7.80. The summed E-state index contributed by atoms with van der Waals surface area (Å²) in [5.74, 6) is -0.726. The highest BCUT2D eigenvalue weighted by atomic mass is 32.1. The molecule has 0 fully saturated rings. The van der Waals surface area contributed by atoms with Crippen LogP contribution in [0.5, 0.6) is 0 Å². The maximum Gasteiger partial charge on any atom is 0.325 e. The Morgan fingerprint density at radius 3 is 2.23 bits per heavy atom. The van der Waals surface area contributed by atoms with E-state index in [4.69, 9.17) is 12.2 Å². The first kappa shape index (κ1) is 18.1. The molecule has 0 aliphatic carbocycles. The number of amides is 1. The average Bonchev–Trinajstić information content (AvgIpc) is 2.46. The van der Waals surface area contributed by atoms with Crippen LogP contribution in [0.4, 0.5) is 0 Å². The summed E-state index contributed by atoms with van der Waals surface area (Å²) in [5, 5.41) is 2.77. The van der Waals surface area contributed by atoms with Crippen molar-refractivity contribution in [2.75, 3.05) is 20.7 Å². The standard InChI is InChI=1S/C16H22N2O3S/c1-16(2,3)12-8-6-11(7-9-12)14(20)17-15(22)18(4)10-13(19)21-5/h6-9H,10H2,1-5H3,(H,17,20,22). The zero-order valence-corrected chi connectivity index (χ0v) is 14.4. The number of hydrogen-bond donors (Lipinski definition) is 1. The van der Waals surface area contributed by atoms with Gasteiger partial charge in [0.1, 0.15) is 6.54 Å². The quantitative estimate of drug-likeness (QED) is 0.682. The third kappa shape index (κ3) is 5.11. The summed E-state index contributed by atoms with van der Waals surface area (Å²) in [5.41, 5.74) is 1.70. The van der Waals surface area contributed by atoms with Crippen molar-refractivity contribution in [1.29, 1.82) is 0 Å². The molecule has 0 spiro atoms. The van der Waals surface area contributed by atoms with Gasteiger partial charge < -0.3 is 9.64 Å². The van der Waals surface area contributed by atoms with Gasteiger partial charge in [-0.2, -0.15) is 0 Å². The Labute approximate surface area is 136 Å². The predicted octanol–water partition coefficient (Wildman–Crippen LogP) is 2.10. The summed E-state index contributed by atoms with van der Waals surface area (Å²) in [6.45, 7) is 6.31. The van der Waals surface area contributed by atoms with Gasteiger partial charge in [0, 0.05) is 12.6 Å². The summed E-state index contributed by atoms with van der Waals surface area (Å²) in [6, 6.07) is 7.38. The van der Waals surface area contributed by atoms with Crippen molar-refractivity contribution in [3.05, 3.63) is 35.4 Å². The number of ether oxygens (including phenoxy) is 1. The molecule has 0 atom stereocenters. The number of thiocarbonyl (C=S) groups is 1. The molecule has 1 aromatic carbocycles. The summed E-state index contributed by atoms with van der Waals surface area (Å²) < 4.78 is 4.55. The van der Waals surface area contributed by atoms with Crippen LogP contribution < -0.4 is 5.32 Å². The van der Waals surface area contributed by atoms with Crippen LogP contribution in [0.3, 0.4) is 0 Å². The Bertz CT molecular complexity index is 562. The van der Waals surface area contributed by atoms with Crippen molar-refractivity contribution in [1.82, 2.24) is 10.2 Å². The zero-order chi connectivity index (χ0) is 16.9. The van der Waals surface area contributed by atoms with Gasteiger partial charge in [-0.1, -0.05) is 32.9 Å². The molecule has 1 rings (SSSR count). The summed E-state index contributed by atoms with van der Waals surface area (Å²) in [7, 11) is 2.91. The van der Waals surface area contributed by atoms with Gasteiger partial charge in [-0.15, -0.1) is 0 Å². The van der Waals surface area contributed by atoms with Gasteiger partial charge in [0.05, 0.1) is 7.11 Å². The zero-order valence-electron chi connectivity index (χ0n) is 13.6. The Morgan fingerprint density at radius 2 is 1.77 bits per heavy atom. The van der Waals surface area contributed by atoms with E-state index in [9.17, 15) is 9.59 Å². The number of carbonyl (C=O) groups is 2. The van der Waals surface area contributed by atoms with Gasteiger partial charge in [-0.25, -0.2) is 0 Å².